The quantitative estimate of drug-likeness (QED) is 0.744. The summed E-state index contributed by atoms with van der Waals surface area (Å²) < 4.78 is 6.85. The van der Waals surface area contributed by atoms with Gasteiger partial charge >= 0.3 is 0 Å². The molecule has 128 valence electrons. The average Bonchev–Trinajstić information content (AvgIpc) is 3.32. The van der Waals surface area contributed by atoms with Crippen LogP contribution in [0.25, 0.3) is 6.08 Å². The van der Waals surface area contributed by atoms with Gasteiger partial charge in [-0.25, -0.2) is 4.99 Å². The lowest BCUT2D eigenvalue weighted by atomic mass is 10.3. The van der Waals surface area contributed by atoms with Crippen LogP contribution in [0.4, 0.5) is 11.6 Å². The van der Waals surface area contributed by atoms with Crippen LogP contribution in [0, 0.1) is 0 Å². The van der Waals surface area contributed by atoms with Crippen LogP contribution >= 0.6 is 27.7 Å². The van der Waals surface area contributed by atoms with E-state index in [0.29, 0.717) is 15.8 Å². The van der Waals surface area contributed by atoms with Gasteiger partial charge in [0.25, 0.3) is 5.91 Å². The number of halogens is 1. The Bertz CT molecular complexity index is 851. The fraction of sp³-hybridized carbons (Fsp3) is 0.222. The van der Waals surface area contributed by atoms with E-state index in [1.54, 1.807) is 6.08 Å². The van der Waals surface area contributed by atoms with Crippen molar-refractivity contribution in [3.8, 4) is 0 Å². The molecule has 0 spiro atoms. The minimum Gasteiger partial charge on any atom is -0.441 e. The van der Waals surface area contributed by atoms with Crippen LogP contribution in [0.3, 0.4) is 0 Å². The van der Waals surface area contributed by atoms with Crippen molar-refractivity contribution in [3.05, 3.63) is 51.5 Å². The zero-order valence-corrected chi connectivity index (χ0v) is 15.8. The number of rotatable bonds is 3. The molecule has 2 aliphatic rings. The third-order valence-corrected chi connectivity index (χ3v) is 5.45. The maximum atomic E-state index is 12.2. The minimum absolute atomic E-state index is 0.153. The Balaban J connectivity index is 1.50. The Labute approximate surface area is 158 Å². The smallest absolute Gasteiger partial charge is 0.264 e. The average molecular weight is 418 g/mol. The van der Waals surface area contributed by atoms with E-state index in [0.717, 1.165) is 29.1 Å². The molecule has 3 heterocycles. The molecule has 2 aliphatic heterocycles. The monoisotopic (exact) mass is 417 g/mol. The molecule has 7 heteroatoms. The van der Waals surface area contributed by atoms with Crippen molar-refractivity contribution in [1.29, 1.82) is 0 Å². The maximum Gasteiger partial charge on any atom is 0.264 e. The summed E-state index contributed by atoms with van der Waals surface area (Å²) in [5.41, 5.74) is 0.793. The molecular formula is C18H16BrN3O2S. The first-order chi connectivity index (χ1) is 12.2. The molecule has 1 aromatic carbocycles. The topological polar surface area (TPSA) is 57.8 Å². The van der Waals surface area contributed by atoms with E-state index in [-0.39, 0.29) is 5.91 Å². The first kappa shape index (κ1) is 16.5. The highest BCUT2D eigenvalue weighted by Gasteiger charge is 2.24. The number of hydrogen-bond acceptors (Lipinski definition) is 5. The zero-order chi connectivity index (χ0) is 17.2. The fourth-order valence-corrected chi connectivity index (χ4v) is 3.86. The van der Waals surface area contributed by atoms with E-state index >= 15 is 0 Å². The van der Waals surface area contributed by atoms with Gasteiger partial charge in [0.2, 0.25) is 0 Å². The van der Waals surface area contributed by atoms with Gasteiger partial charge in [-0.15, -0.1) is 0 Å². The molecule has 1 aromatic heterocycles. The number of furan rings is 1. The molecule has 2 aromatic rings. The zero-order valence-electron chi connectivity index (χ0n) is 13.4. The molecule has 1 amide bonds. The Hall–Kier alpha value is -1.99. The lowest BCUT2D eigenvalue weighted by Gasteiger charge is -2.12. The van der Waals surface area contributed by atoms with Crippen LogP contribution in [0.1, 0.15) is 18.6 Å². The van der Waals surface area contributed by atoms with Crippen molar-refractivity contribution in [2.45, 2.75) is 12.8 Å². The molecular weight excluding hydrogens is 402 g/mol. The molecule has 0 unspecified atom stereocenters. The molecule has 0 atom stereocenters. The van der Waals surface area contributed by atoms with E-state index in [9.17, 15) is 4.79 Å². The Morgan fingerprint density at radius 3 is 2.68 bits per heavy atom. The van der Waals surface area contributed by atoms with E-state index in [1.807, 2.05) is 36.4 Å². The largest absolute Gasteiger partial charge is 0.441 e. The van der Waals surface area contributed by atoms with Crippen LogP contribution in [-0.2, 0) is 4.79 Å². The van der Waals surface area contributed by atoms with Crippen LogP contribution in [0.2, 0.25) is 0 Å². The molecule has 25 heavy (non-hydrogen) atoms. The van der Waals surface area contributed by atoms with Crippen molar-refractivity contribution < 1.29 is 9.21 Å². The number of carbonyl (C=O) groups is 1. The molecule has 0 aliphatic carbocycles. The Morgan fingerprint density at radius 2 is 1.92 bits per heavy atom. The Kier molecular flexibility index (Phi) is 4.67. The molecule has 2 fully saturated rings. The third-order valence-electron chi connectivity index (χ3n) is 4.01. The van der Waals surface area contributed by atoms with Gasteiger partial charge in [-0.3, -0.25) is 4.79 Å². The van der Waals surface area contributed by atoms with Crippen molar-refractivity contribution in [2.24, 2.45) is 4.99 Å². The van der Waals surface area contributed by atoms with E-state index in [2.05, 4.69) is 31.1 Å². The van der Waals surface area contributed by atoms with Crippen molar-refractivity contribution in [1.82, 2.24) is 5.32 Å². The molecule has 5 nitrogen and oxygen atoms in total. The predicted molar refractivity (Wildman–Crippen MR) is 105 cm³/mol. The first-order valence-electron chi connectivity index (χ1n) is 8.07. The second kappa shape index (κ2) is 7.09. The van der Waals surface area contributed by atoms with E-state index < -0.39 is 0 Å². The summed E-state index contributed by atoms with van der Waals surface area (Å²) in [6.45, 7) is 2.06. The van der Waals surface area contributed by atoms with E-state index in [4.69, 9.17) is 4.42 Å². The SMILES string of the molecule is O=C1NC(=Nc2ccc(Br)cc2)S/C1=C/c1ccc(N2CCCC2)o1. The van der Waals surface area contributed by atoms with E-state index in [1.165, 1.54) is 24.6 Å². The van der Waals surface area contributed by atoms with Gasteiger partial charge in [0.15, 0.2) is 11.1 Å². The van der Waals surface area contributed by atoms with Gasteiger partial charge in [0.05, 0.1) is 10.6 Å². The normalized spacial score (nSPS) is 20.7. The van der Waals surface area contributed by atoms with Crippen LogP contribution in [-0.4, -0.2) is 24.2 Å². The van der Waals surface area contributed by atoms with Gasteiger partial charge < -0.3 is 14.6 Å². The number of nitrogens with one attached hydrogen (secondary N) is 1. The highest BCUT2D eigenvalue weighted by molar-refractivity contribution is 9.10. The number of nitrogens with zero attached hydrogens (tertiary/aromatic N) is 2. The van der Waals surface area contributed by atoms with Crippen LogP contribution in [0.15, 0.2) is 55.2 Å². The number of anilines is 1. The van der Waals surface area contributed by atoms with Gasteiger partial charge in [0, 0.05) is 29.7 Å². The highest BCUT2D eigenvalue weighted by atomic mass is 79.9. The minimum atomic E-state index is -0.153. The second-order valence-electron chi connectivity index (χ2n) is 5.83. The van der Waals surface area contributed by atoms with Gasteiger partial charge in [-0.05, 0) is 54.9 Å². The summed E-state index contributed by atoms with van der Waals surface area (Å²) in [5, 5.41) is 3.37. The second-order valence-corrected chi connectivity index (χ2v) is 7.77. The highest BCUT2D eigenvalue weighted by Crippen LogP contribution is 2.30. The Morgan fingerprint density at radius 1 is 1.16 bits per heavy atom. The number of amides is 1. The summed E-state index contributed by atoms with van der Waals surface area (Å²) >= 11 is 4.71. The van der Waals surface area contributed by atoms with Crippen molar-refractivity contribution in [2.75, 3.05) is 18.0 Å². The van der Waals surface area contributed by atoms with Crippen molar-refractivity contribution in [3.63, 3.8) is 0 Å². The molecule has 0 saturated carbocycles. The summed E-state index contributed by atoms with van der Waals surface area (Å²) in [6, 6.07) is 11.5. The predicted octanol–water partition coefficient (Wildman–Crippen LogP) is 4.53. The van der Waals surface area contributed by atoms with Crippen LogP contribution in [0.5, 0.6) is 0 Å². The van der Waals surface area contributed by atoms with Crippen LogP contribution < -0.4 is 10.2 Å². The number of benzene rings is 1. The van der Waals surface area contributed by atoms with Crippen molar-refractivity contribution >= 4 is 56.4 Å². The number of hydrogen-bond donors (Lipinski definition) is 1. The fourth-order valence-electron chi connectivity index (χ4n) is 2.77. The lowest BCUT2D eigenvalue weighted by Crippen LogP contribution is -2.19. The molecule has 1 N–H and O–H groups in total. The number of amidine groups is 1. The summed E-state index contributed by atoms with van der Waals surface area (Å²) in [7, 11) is 0. The van der Waals surface area contributed by atoms with Gasteiger partial charge in [-0.1, -0.05) is 15.9 Å². The molecule has 0 bridgehead atoms. The molecule has 0 radical (unpaired) electrons. The molecule has 4 rings (SSSR count). The molecule has 2 saturated heterocycles. The summed E-state index contributed by atoms with van der Waals surface area (Å²) in [5.74, 6) is 1.40. The maximum absolute atomic E-state index is 12.2. The summed E-state index contributed by atoms with van der Waals surface area (Å²) in [4.78, 5) is 19.4. The first-order valence-corrected chi connectivity index (χ1v) is 9.68. The van der Waals surface area contributed by atoms with Gasteiger partial charge in [0.1, 0.15) is 5.76 Å². The lowest BCUT2D eigenvalue weighted by molar-refractivity contribution is -0.115. The summed E-state index contributed by atoms with van der Waals surface area (Å²) in [6.07, 6.45) is 4.17. The number of aliphatic imine (C=N–C) groups is 1. The van der Waals surface area contributed by atoms with Gasteiger partial charge in [-0.2, -0.15) is 0 Å². The third kappa shape index (κ3) is 3.82. The standard InChI is InChI=1S/C18H16BrN3O2S/c19-12-3-5-13(6-4-12)20-18-21-17(23)15(25-18)11-14-7-8-16(24-14)22-9-1-2-10-22/h3-8,11H,1-2,9-10H2,(H,20,21,23)/b15-11+. The number of carbonyl (C=O) groups excluding carboxylic acids is 1. The number of thioether (sulfide) groups is 1.